The summed E-state index contributed by atoms with van der Waals surface area (Å²) in [6.07, 6.45) is 6.73. The second-order valence-electron chi connectivity index (χ2n) is 10.2. The largest absolute Gasteiger partial charge is 0.507 e. The van der Waals surface area contributed by atoms with E-state index in [2.05, 4.69) is 53.3 Å². The van der Waals surface area contributed by atoms with Crippen LogP contribution in [0.1, 0.15) is 12.8 Å². The van der Waals surface area contributed by atoms with Crippen LogP contribution in [0.3, 0.4) is 0 Å². The number of para-hydroxylation sites is 1. The van der Waals surface area contributed by atoms with E-state index in [1.54, 1.807) is 6.07 Å². The Bertz CT molecular complexity index is 1190. The van der Waals surface area contributed by atoms with E-state index in [1.807, 2.05) is 24.3 Å². The average Bonchev–Trinajstić information content (AvgIpc) is 3.66. The summed E-state index contributed by atoms with van der Waals surface area (Å²) in [7, 11) is 0. The number of phenols is 1. The molecule has 0 radical (unpaired) electrons. The lowest BCUT2D eigenvalue weighted by Crippen LogP contribution is -2.61. The van der Waals surface area contributed by atoms with Crippen molar-refractivity contribution in [1.29, 1.82) is 0 Å². The number of fused-ring (bicyclic) bond motifs is 3. The van der Waals surface area contributed by atoms with Crippen LogP contribution in [0.15, 0.2) is 47.2 Å². The summed E-state index contributed by atoms with van der Waals surface area (Å²) in [6.45, 7) is 6.65. The number of aromatic nitrogens is 2. The Morgan fingerprint density at radius 3 is 2.83 bits per heavy atom. The summed E-state index contributed by atoms with van der Waals surface area (Å²) in [5, 5.41) is 29.7. The van der Waals surface area contributed by atoms with Gasteiger partial charge in [-0.1, -0.05) is 12.1 Å². The Kier molecular flexibility index (Phi) is 4.85. The van der Waals surface area contributed by atoms with Crippen LogP contribution in [0.5, 0.6) is 5.75 Å². The van der Waals surface area contributed by atoms with Crippen molar-refractivity contribution >= 4 is 17.7 Å². The number of anilines is 2. The van der Waals surface area contributed by atoms with Gasteiger partial charge in [0.25, 0.3) is 0 Å². The van der Waals surface area contributed by atoms with Gasteiger partial charge in [-0.25, -0.2) is 0 Å². The molecule has 3 fully saturated rings. The topological polar surface area (TPSA) is 104 Å². The molecule has 7 rings (SSSR count). The summed E-state index contributed by atoms with van der Waals surface area (Å²) in [5.41, 5.74) is 3.97. The maximum atomic E-state index is 10.3. The number of aromatic hydroxyl groups is 1. The van der Waals surface area contributed by atoms with E-state index >= 15 is 0 Å². The number of benzene rings is 1. The molecule has 0 bridgehead atoms. The third kappa shape index (κ3) is 3.77. The molecule has 1 aromatic carbocycles. The first-order valence-corrected chi connectivity index (χ1v) is 12.6. The molecule has 1 saturated carbocycles. The number of piperazine rings is 2. The van der Waals surface area contributed by atoms with Gasteiger partial charge in [0.2, 0.25) is 0 Å². The predicted molar refractivity (Wildman–Crippen MR) is 135 cm³/mol. The summed E-state index contributed by atoms with van der Waals surface area (Å²) < 4.78 is 0. The zero-order valence-electron chi connectivity index (χ0n) is 19.7. The fraction of sp³-hybridized carbons (Fsp3) is 0.480. The maximum Gasteiger partial charge on any atom is 0.176 e. The standard InChI is InChI=1S/C25H31N9O/c35-22-4-2-1-3-19(22)20-11-21-23(31-30-20)26-14-18-15-32(9-10-34(18)21)24-27-12-17(13-28-24)33-8-7-29-25(16-33)5-6-25/h1-4,11-13,18,24,27,29,35H,5-10,14-16H2,(H,26,31). The van der Waals surface area contributed by atoms with Gasteiger partial charge in [0.05, 0.1) is 29.3 Å². The molecule has 2 unspecified atom stereocenters. The molecule has 10 heteroatoms. The minimum absolute atomic E-state index is 0.0347. The molecule has 0 amide bonds. The summed E-state index contributed by atoms with van der Waals surface area (Å²) in [6, 6.07) is 9.62. The molecule has 10 nitrogen and oxygen atoms in total. The van der Waals surface area contributed by atoms with Crippen molar-refractivity contribution in [3.05, 3.63) is 42.2 Å². The fourth-order valence-corrected chi connectivity index (χ4v) is 5.78. The summed E-state index contributed by atoms with van der Waals surface area (Å²) >= 11 is 0. The predicted octanol–water partition coefficient (Wildman–Crippen LogP) is 1.00. The molecule has 1 spiro atoms. The van der Waals surface area contributed by atoms with Gasteiger partial charge < -0.3 is 30.9 Å². The Morgan fingerprint density at radius 2 is 2.00 bits per heavy atom. The molecule has 5 aliphatic rings. The van der Waals surface area contributed by atoms with Crippen molar-refractivity contribution in [2.75, 3.05) is 56.0 Å². The van der Waals surface area contributed by atoms with Gasteiger partial charge >= 0.3 is 0 Å². The highest BCUT2D eigenvalue weighted by Crippen LogP contribution is 2.39. The van der Waals surface area contributed by atoms with E-state index in [0.717, 1.165) is 57.3 Å². The molecule has 4 N–H and O–H groups in total. The number of rotatable bonds is 3. The van der Waals surface area contributed by atoms with Gasteiger partial charge in [-0.05, 0) is 31.0 Å². The van der Waals surface area contributed by atoms with Crippen LogP contribution in [0.4, 0.5) is 11.5 Å². The van der Waals surface area contributed by atoms with E-state index in [1.165, 1.54) is 18.5 Å². The smallest absolute Gasteiger partial charge is 0.176 e. The normalized spacial score (nSPS) is 26.9. The molecule has 2 saturated heterocycles. The van der Waals surface area contributed by atoms with E-state index in [9.17, 15) is 5.11 Å². The lowest BCUT2D eigenvalue weighted by Gasteiger charge is -2.47. The molecule has 2 aromatic rings. The second kappa shape index (κ2) is 8.10. The lowest BCUT2D eigenvalue weighted by molar-refractivity contribution is 0.148. The van der Waals surface area contributed by atoms with Gasteiger partial charge in [-0.2, -0.15) is 0 Å². The number of nitrogens with one attached hydrogen (secondary N) is 3. The highest BCUT2D eigenvalue weighted by molar-refractivity contribution is 5.79. The fourth-order valence-electron chi connectivity index (χ4n) is 5.78. The first-order chi connectivity index (χ1) is 17.2. The first-order valence-electron chi connectivity index (χ1n) is 12.6. The minimum Gasteiger partial charge on any atom is -0.507 e. The number of hydrogen-bond acceptors (Lipinski definition) is 10. The van der Waals surface area contributed by atoms with Crippen LogP contribution in [-0.4, -0.2) is 95.0 Å². The Hall–Kier alpha value is -3.37. The molecule has 182 valence electrons. The van der Waals surface area contributed by atoms with E-state index in [4.69, 9.17) is 4.99 Å². The quantitative estimate of drug-likeness (QED) is 0.520. The van der Waals surface area contributed by atoms with E-state index in [-0.39, 0.29) is 12.0 Å². The zero-order valence-corrected chi connectivity index (χ0v) is 19.7. The zero-order chi connectivity index (χ0) is 23.4. The number of allylic oxidation sites excluding steroid dienone is 1. The van der Waals surface area contributed by atoms with Gasteiger partial charge in [-0.3, -0.25) is 9.89 Å². The van der Waals surface area contributed by atoms with E-state index < -0.39 is 0 Å². The SMILES string of the molecule is Oc1ccccc1-c1cc2c(nn1)NCC1CN(C3N=CC(N4CCNC5(CC5)C4)=CN3)CCN21. The molecule has 1 aromatic heterocycles. The first kappa shape index (κ1) is 21.0. The van der Waals surface area contributed by atoms with Gasteiger partial charge in [-0.15, -0.1) is 10.2 Å². The van der Waals surface area contributed by atoms with Crippen molar-refractivity contribution in [2.24, 2.45) is 4.99 Å². The maximum absolute atomic E-state index is 10.3. The molecule has 2 atom stereocenters. The van der Waals surface area contributed by atoms with Crippen molar-refractivity contribution in [3.63, 3.8) is 0 Å². The van der Waals surface area contributed by atoms with E-state index in [0.29, 0.717) is 22.8 Å². The Labute approximate surface area is 204 Å². The monoisotopic (exact) mass is 473 g/mol. The third-order valence-corrected chi connectivity index (χ3v) is 7.95. The minimum atomic E-state index is -0.0347. The molecule has 5 heterocycles. The van der Waals surface area contributed by atoms with Crippen LogP contribution in [0.2, 0.25) is 0 Å². The van der Waals surface area contributed by atoms with Crippen LogP contribution in [0, 0.1) is 0 Å². The van der Waals surface area contributed by atoms with Gasteiger partial charge in [0.1, 0.15) is 5.75 Å². The molecular weight excluding hydrogens is 442 g/mol. The number of phenolic OH excluding ortho intramolecular Hbond substituents is 1. The molecule has 1 aliphatic carbocycles. The summed E-state index contributed by atoms with van der Waals surface area (Å²) in [4.78, 5) is 12.2. The van der Waals surface area contributed by atoms with Crippen molar-refractivity contribution in [2.45, 2.75) is 30.7 Å². The van der Waals surface area contributed by atoms with Crippen molar-refractivity contribution in [3.8, 4) is 17.0 Å². The average molecular weight is 474 g/mol. The highest BCUT2D eigenvalue weighted by Gasteiger charge is 2.46. The van der Waals surface area contributed by atoms with Crippen LogP contribution in [0.25, 0.3) is 11.3 Å². The highest BCUT2D eigenvalue weighted by atomic mass is 16.3. The van der Waals surface area contributed by atoms with Crippen molar-refractivity contribution in [1.82, 2.24) is 30.6 Å². The third-order valence-electron chi connectivity index (χ3n) is 7.95. The Balaban J connectivity index is 1.03. The molecular formula is C25H31N9O. The number of nitrogens with zero attached hydrogens (tertiary/aromatic N) is 6. The van der Waals surface area contributed by atoms with Crippen LogP contribution >= 0.6 is 0 Å². The molecule has 4 aliphatic heterocycles. The second-order valence-corrected chi connectivity index (χ2v) is 10.2. The van der Waals surface area contributed by atoms with Crippen LogP contribution < -0.4 is 20.9 Å². The lowest BCUT2D eigenvalue weighted by atomic mass is 10.1. The Morgan fingerprint density at radius 1 is 1.09 bits per heavy atom. The number of aliphatic imine (C=N–C) groups is 1. The molecule has 35 heavy (non-hydrogen) atoms. The summed E-state index contributed by atoms with van der Waals surface area (Å²) in [5.74, 6) is 1.02. The van der Waals surface area contributed by atoms with Gasteiger partial charge in [0.15, 0.2) is 12.1 Å². The number of hydrogen-bond donors (Lipinski definition) is 4. The van der Waals surface area contributed by atoms with Crippen molar-refractivity contribution < 1.29 is 5.11 Å². The van der Waals surface area contributed by atoms with Gasteiger partial charge in [0, 0.05) is 63.1 Å². The van der Waals surface area contributed by atoms with Crippen LogP contribution in [-0.2, 0) is 0 Å².